The van der Waals surface area contributed by atoms with Crippen LogP contribution in [0.2, 0.25) is 0 Å². The molecule has 0 aliphatic heterocycles. The molecule has 0 aliphatic rings. The summed E-state index contributed by atoms with van der Waals surface area (Å²) >= 11 is 0. The number of halogens is 2. The number of rotatable bonds is 32. The third-order valence-corrected chi connectivity index (χ3v) is 12.6. The van der Waals surface area contributed by atoms with Gasteiger partial charge in [0, 0.05) is 29.9 Å². The van der Waals surface area contributed by atoms with E-state index >= 15 is 0 Å². The molecule has 0 spiro atoms. The van der Waals surface area contributed by atoms with Crippen molar-refractivity contribution < 1.29 is 37.3 Å². The molecule has 0 saturated heterocycles. The average molecular weight is 979 g/mol. The highest BCUT2D eigenvalue weighted by molar-refractivity contribution is 5.97. The fourth-order valence-corrected chi connectivity index (χ4v) is 8.34. The van der Waals surface area contributed by atoms with E-state index in [2.05, 4.69) is 23.8 Å². The van der Waals surface area contributed by atoms with Crippen molar-refractivity contribution in [3.8, 4) is 23.0 Å². The lowest BCUT2D eigenvalue weighted by molar-refractivity contribution is 0.0727. The van der Waals surface area contributed by atoms with E-state index in [4.69, 9.17) is 18.9 Å². The van der Waals surface area contributed by atoms with Crippen molar-refractivity contribution in [3.05, 3.63) is 155 Å². The number of ether oxygens (including phenoxy) is 4. The molecular weight excluding hydrogens is 907 g/mol. The number of carbonyl (C=O) groups excluding carboxylic acids is 2. The smallest absolute Gasteiger partial charge is 0.343 e. The Morgan fingerprint density at radius 2 is 0.875 bits per heavy atom. The van der Waals surface area contributed by atoms with E-state index < -0.39 is 23.6 Å². The van der Waals surface area contributed by atoms with Crippen molar-refractivity contribution >= 4 is 46.5 Å². The fourth-order valence-electron chi connectivity index (χ4n) is 8.34. The number of hydrogen-bond donors (Lipinski definition) is 0. The molecule has 10 heteroatoms. The summed E-state index contributed by atoms with van der Waals surface area (Å²) in [4.78, 5) is 35.2. The molecule has 0 heterocycles. The van der Waals surface area contributed by atoms with Gasteiger partial charge in [-0.25, -0.2) is 18.4 Å². The van der Waals surface area contributed by atoms with E-state index in [0.29, 0.717) is 58.0 Å². The predicted octanol–water partition coefficient (Wildman–Crippen LogP) is 17.7. The maximum atomic E-state index is 14.8. The zero-order valence-corrected chi connectivity index (χ0v) is 42.4. The number of aliphatic imine (C=N–C) groups is 2. The molecule has 6 aromatic carbocycles. The molecule has 72 heavy (non-hydrogen) atoms. The topological polar surface area (TPSA) is 95.8 Å². The number of fused-ring (bicyclic) bond motifs is 1. The van der Waals surface area contributed by atoms with Gasteiger partial charge < -0.3 is 18.9 Å². The van der Waals surface area contributed by atoms with Gasteiger partial charge in [0.15, 0.2) is 23.1 Å². The molecule has 380 valence electrons. The Balaban J connectivity index is 0.912. The van der Waals surface area contributed by atoms with E-state index in [1.807, 2.05) is 6.07 Å². The first kappa shape index (κ1) is 54.6. The Morgan fingerprint density at radius 1 is 0.444 bits per heavy atom. The quantitative estimate of drug-likeness (QED) is 0.0181. The molecule has 0 amide bonds. The molecule has 6 rings (SSSR count). The molecular formula is C62H72F2N2O6. The summed E-state index contributed by atoms with van der Waals surface area (Å²) in [6.07, 6.45) is 27.8. The highest BCUT2D eigenvalue weighted by Crippen LogP contribution is 2.31. The maximum Gasteiger partial charge on any atom is 0.343 e. The molecule has 0 aromatic heterocycles. The highest BCUT2D eigenvalue weighted by Gasteiger charge is 2.14. The van der Waals surface area contributed by atoms with Crippen LogP contribution in [0.25, 0.3) is 10.8 Å². The third-order valence-electron chi connectivity index (χ3n) is 12.6. The van der Waals surface area contributed by atoms with Gasteiger partial charge in [-0.1, -0.05) is 166 Å². The molecule has 0 atom stereocenters. The van der Waals surface area contributed by atoms with Gasteiger partial charge in [-0.3, -0.25) is 9.98 Å². The average Bonchev–Trinajstić information content (AvgIpc) is 3.39. The zero-order chi connectivity index (χ0) is 50.6. The van der Waals surface area contributed by atoms with E-state index in [1.165, 1.54) is 115 Å². The maximum absolute atomic E-state index is 14.8. The molecule has 6 aromatic rings. The van der Waals surface area contributed by atoms with Gasteiger partial charge in [0.2, 0.25) is 0 Å². The molecule has 0 bridgehead atoms. The highest BCUT2D eigenvalue weighted by atomic mass is 19.1. The van der Waals surface area contributed by atoms with Crippen molar-refractivity contribution in [2.24, 2.45) is 9.98 Å². The second-order valence-corrected chi connectivity index (χ2v) is 18.5. The third kappa shape index (κ3) is 18.8. The van der Waals surface area contributed by atoms with Crippen LogP contribution in [0, 0.1) is 11.6 Å². The van der Waals surface area contributed by atoms with Crippen LogP contribution < -0.4 is 18.9 Å². The lowest BCUT2D eigenvalue weighted by Gasteiger charge is -2.10. The molecule has 0 radical (unpaired) electrons. The number of hydrogen-bond acceptors (Lipinski definition) is 8. The van der Waals surface area contributed by atoms with Gasteiger partial charge in [-0.2, -0.15) is 0 Å². The van der Waals surface area contributed by atoms with Crippen LogP contribution in [-0.4, -0.2) is 37.6 Å². The van der Waals surface area contributed by atoms with Crippen molar-refractivity contribution in [3.63, 3.8) is 0 Å². The Hall–Kier alpha value is -6.68. The monoisotopic (exact) mass is 979 g/mol. The van der Waals surface area contributed by atoms with E-state index in [-0.39, 0.29) is 11.5 Å². The lowest BCUT2D eigenvalue weighted by atomic mass is 10.1. The Bertz CT molecular complexity index is 2650. The van der Waals surface area contributed by atoms with E-state index in [1.54, 1.807) is 116 Å². The second-order valence-electron chi connectivity index (χ2n) is 18.5. The molecule has 0 saturated carbocycles. The van der Waals surface area contributed by atoms with Crippen LogP contribution in [0.5, 0.6) is 23.0 Å². The summed E-state index contributed by atoms with van der Waals surface area (Å²) in [7, 11) is 0. The van der Waals surface area contributed by atoms with Gasteiger partial charge >= 0.3 is 11.9 Å². The summed E-state index contributed by atoms with van der Waals surface area (Å²) in [6, 6.07) is 33.3. The van der Waals surface area contributed by atoms with Crippen LogP contribution >= 0.6 is 0 Å². The van der Waals surface area contributed by atoms with Crippen molar-refractivity contribution in [2.45, 2.75) is 142 Å². The van der Waals surface area contributed by atoms with Crippen LogP contribution in [-0.2, 0) is 0 Å². The van der Waals surface area contributed by atoms with Crippen LogP contribution in [0.1, 0.15) is 174 Å². The van der Waals surface area contributed by atoms with Crippen molar-refractivity contribution in [2.75, 3.05) is 13.2 Å². The molecule has 0 unspecified atom stereocenters. The van der Waals surface area contributed by atoms with Crippen LogP contribution in [0.4, 0.5) is 20.2 Å². The minimum absolute atomic E-state index is 0.225. The fraction of sp³-hybridized carbons (Fsp3) is 0.387. The number of esters is 2. The lowest BCUT2D eigenvalue weighted by Crippen LogP contribution is -2.09. The number of carbonyl (C=O) groups is 2. The first-order valence-electron chi connectivity index (χ1n) is 26.4. The minimum Gasteiger partial charge on any atom is -0.491 e. The van der Waals surface area contributed by atoms with Crippen LogP contribution in [0.3, 0.4) is 0 Å². The Kier molecular flexibility index (Phi) is 23.5. The molecule has 8 nitrogen and oxygen atoms in total. The number of benzene rings is 6. The first-order chi connectivity index (χ1) is 35.3. The largest absolute Gasteiger partial charge is 0.491 e. The first-order valence-corrected chi connectivity index (χ1v) is 26.4. The molecule has 0 aliphatic carbocycles. The zero-order valence-electron chi connectivity index (χ0n) is 42.4. The van der Waals surface area contributed by atoms with Gasteiger partial charge in [0.05, 0.1) is 35.7 Å². The van der Waals surface area contributed by atoms with E-state index in [9.17, 15) is 18.4 Å². The summed E-state index contributed by atoms with van der Waals surface area (Å²) in [5.41, 5.74) is 3.02. The minimum atomic E-state index is -0.547. The molecule has 0 N–H and O–H groups in total. The SMILES string of the molecule is CCCCCCCCCCCCOc1ccc(N=Cc2ccc(C(=O)Oc3ccc4c(OC(=O)c5ccc(C=Nc6ccc(OCCCCCCCCCCCC)c(F)c6)cc5)cccc4c3)cc2)cc1F. The van der Waals surface area contributed by atoms with Gasteiger partial charge in [0.1, 0.15) is 11.5 Å². The normalized spacial score (nSPS) is 11.4. The van der Waals surface area contributed by atoms with Gasteiger partial charge in [-0.05, 0) is 102 Å². The number of nitrogens with zero attached hydrogens (tertiary/aromatic N) is 2. The van der Waals surface area contributed by atoms with Gasteiger partial charge in [0.25, 0.3) is 0 Å². The van der Waals surface area contributed by atoms with Crippen molar-refractivity contribution in [1.29, 1.82) is 0 Å². The summed E-state index contributed by atoms with van der Waals surface area (Å²) in [6.45, 7) is 5.45. The second kappa shape index (κ2) is 30.9. The van der Waals surface area contributed by atoms with Crippen molar-refractivity contribution in [1.82, 2.24) is 0 Å². The summed E-state index contributed by atoms with van der Waals surface area (Å²) < 4.78 is 52.5. The summed E-state index contributed by atoms with van der Waals surface area (Å²) in [5, 5.41) is 1.37. The Morgan fingerprint density at radius 3 is 1.32 bits per heavy atom. The Labute approximate surface area is 425 Å². The van der Waals surface area contributed by atoms with E-state index in [0.717, 1.165) is 36.8 Å². The predicted molar refractivity (Wildman–Crippen MR) is 289 cm³/mol. The molecule has 0 fully saturated rings. The number of unbranched alkanes of at least 4 members (excludes halogenated alkanes) is 18. The van der Waals surface area contributed by atoms with Gasteiger partial charge in [-0.15, -0.1) is 0 Å². The standard InChI is InChI=1S/C62H72F2N2O6/c1-3-5-7-9-11-13-15-17-19-21-40-69-59-38-34-52(43-56(59)63)65-45-47-26-30-49(31-27-47)61(67)71-54-36-37-55-51(42-54)24-23-25-58(55)72-62(68)50-32-28-48(29-33-50)46-66-53-35-39-60(57(64)44-53)70-41-22-20-18-16-14-12-10-8-6-4-2/h23-39,42-46H,3-22,40-41H2,1-2H3. The van der Waals surface area contributed by atoms with Crippen LogP contribution in [0.15, 0.2) is 131 Å². The summed E-state index contributed by atoms with van der Waals surface area (Å²) in [5.74, 6) is -0.879.